The molecule has 2 aromatic carbocycles. The lowest BCUT2D eigenvalue weighted by Crippen LogP contribution is -2.31. The van der Waals surface area contributed by atoms with Crippen molar-refractivity contribution < 1.29 is 8.42 Å². The lowest BCUT2D eigenvalue weighted by atomic mass is 10.2. The smallest absolute Gasteiger partial charge is 0.265 e. The molecule has 2 rings (SSSR count). The van der Waals surface area contributed by atoms with Crippen molar-refractivity contribution in [3.05, 3.63) is 58.6 Å². The largest absolute Gasteiger partial charge is 0.267 e. The first kappa shape index (κ1) is 15.1. The second kappa shape index (κ2) is 5.97. The first-order valence-electron chi connectivity index (χ1n) is 6.30. The van der Waals surface area contributed by atoms with E-state index in [4.69, 9.17) is 0 Å². The molecule has 0 aliphatic heterocycles. The van der Waals surface area contributed by atoms with Crippen molar-refractivity contribution in [3.8, 4) is 0 Å². The van der Waals surface area contributed by atoms with Crippen LogP contribution in [0.1, 0.15) is 12.5 Å². The van der Waals surface area contributed by atoms with E-state index in [1.807, 2.05) is 38.1 Å². The molecule has 0 unspecified atom stereocenters. The van der Waals surface area contributed by atoms with Crippen LogP contribution in [0.15, 0.2) is 57.9 Å². The molecule has 0 aliphatic rings. The summed E-state index contributed by atoms with van der Waals surface area (Å²) >= 11 is 3.31. The van der Waals surface area contributed by atoms with Crippen LogP contribution in [0, 0.1) is 6.92 Å². The SMILES string of the molecule is CCN(c1ccc(C)cc1)S(=O)(=O)c1ccccc1Br. The third-order valence-electron chi connectivity index (χ3n) is 3.01. The van der Waals surface area contributed by atoms with Crippen LogP contribution >= 0.6 is 15.9 Å². The van der Waals surface area contributed by atoms with Gasteiger partial charge in [-0.1, -0.05) is 29.8 Å². The van der Waals surface area contributed by atoms with Gasteiger partial charge in [-0.25, -0.2) is 8.42 Å². The van der Waals surface area contributed by atoms with E-state index in [2.05, 4.69) is 15.9 Å². The van der Waals surface area contributed by atoms with Gasteiger partial charge in [0.05, 0.1) is 5.69 Å². The number of anilines is 1. The van der Waals surface area contributed by atoms with Crippen LogP contribution in [-0.4, -0.2) is 15.0 Å². The Morgan fingerprint density at radius 1 is 1.05 bits per heavy atom. The molecule has 106 valence electrons. The van der Waals surface area contributed by atoms with Crippen molar-refractivity contribution in [3.63, 3.8) is 0 Å². The van der Waals surface area contributed by atoms with Gasteiger partial charge >= 0.3 is 0 Å². The summed E-state index contributed by atoms with van der Waals surface area (Å²) in [5.41, 5.74) is 1.77. The first-order chi connectivity index (χ1) is 9.46. The summed E-state index contributed by atoms with van der Waals surface area (Å²) in [6.45, 7) is 4.18. The molecule has 0 fully saturated rings. The van der Waals surface area contributed by atoms with E-state index < -0.39 is 10.0 Å². The minimum Gasteiger partial charge on any atom is -0.267 e. The Labute approximate surface area is 128 Å². The maximum atomic E-state index is 12.8. The molecule has 0 heterocycles. The second-order valence-corrected chi connectivity index (χ2v) is 7.12. The molecule has 0 bridgehead atoms. The normalized spacial score (nSPS) is 11.3. The van der Waals surface area contributed by atoms with E-state index in [1.54, 1.807) is 24.3 Å². The maximum absolute atomic E-state index is 12.8. The summed E-state index contributed by atoms with van der Waals surface area (Å²) < 4.78 is 27.5. The molecule has 0 N–H and O–H groups in total. The van der Waals surface area contributed by atoms with Crippen molar-refractivity contribution in [2.24, 2.45) is 0 Å². The highest BCUT2D eigenvalue weighted by Crippen LogP contribution is 2.28. The van der Waals surface area contributed by atoms with Gasteiger partial charge in [0.15, 0.2) is 0 Å². The van der Waals surface area contributed by atoms with Gasteiger partial charge in [-0.15, -0.1) is 0 Å². The summed E-state index contributed by atoms with van der Waals surface area (Å²) in [5, 5.41) is 0. The van der Waals surface area contributed by atoms with E-state index in [0.29, 0.717) is 16.7 Å². The number of benzene rings is 2. The predicted octanol–water partition coefficient (Wildman–Crippen LogP) is 3.97. The number of sulfonamides is 1. The van der Waals surface area contributed by atoms with Gasteiger partial charge in [-0.2, -0.15) is 0 Å². The van der Waals surface area contributed by atoms with Gasteiger partial charge in [0.25, 0.3) is 10.0 Å². The number of hydrogen-bond donors (Lipinski definition) is 0. The van der Waals surface area contributed by atoms with Crippen LogP contribution in [0.2, 0.25) is 0 Å². The molecule has 0 saturated heterocycles. The fourth-order valence-electron chi connectivity index (χ4n) is 1.97. The zero-order chi connectivity index (χ0) is 14.8. The Morgan fingerprint density at radius 3 is 2.20 bits per heavy atom. The van der Waals surface area contributed by atoms with Crippen LogP contribution in [0.5, 0.6) is 0 Å². The number of nitrogens with zero attached hydrogens (tertiary/aromatic N) is 1. The lowest BCUT2D eigenvalue weighted by Gasteiger charge is -2.23. The van der Waals surface area contributed by atoms with Crippen LogP contribution in [0.4, 0.5) is 5.69 Å². The molecule has 5 heteroatoms. The highest BCUT2D eigenvalue weighted by atomic mass is 79.9. The van der Waals surface area contributed by atoms with Gasteiger partial charge in [0.2, 0.25) is 0 Å². The highest BCUT2D eigenvalue weighted by molar-refractivity contribution is 9.10. The monoisotopic (exact) mass is 353 g/mol. The van der Waals surface area contributed by atoms with Crippen molar-refractivity contribution in [2.45, 2.75) is 18.7 Å². The summed E-state index contributed by atoms with van der Waals surface area (Å²) in [6, 6.07) is 14.3. The fraction of sp³-hybridized carbons (Fsp3) is 0.200. The molecule has 0 atom stereocenters. The van der Waals surface area contributed by atoms with Gasteiger partial charge in [0.1, 0.15) is 4.90 Å². The van der Waals surface area contributed by atoms with Gasteiger partial charge in [-0.05, 0) is 54.0 Å². The minimum atomic E-state index is -3.56. The zero-order valence-electron chi connectivity index (χ0n) is 11.4. The highest BCUT2D eigenvalue weighted by Gasteiger charge is 2.25. The lowest BCUT2D eigenvalue weighted by molar-refractivity contribution is 0.591. The quantitative estimate of drug-likeness (QED) is 0.833. The molecule has 20 heavy (non-hydrogen) atoms. The van der Waals surface area contributed by atoms with Crippen molar-refractivity contribution in [1.82, 2.24) is 0 Å². The number of halogens is 1. The maximum Gasteiger partial charge on any atom is 0.265 e. The fourth-order valence-corrected chi connectivity index (χ4v) is 4.42. The standard InChI is InChI=1S/C15H16BrNO2S/c1-3-17(13-10-8-12(2)9-11-13)20(18,19)15-7-5-4-6-14(15)16/h4-11H,3H2,1-2H3. The Balaban J connectivity index is 2.51. The summed E-state index contributed by atoms with van der Waals surface area (Å²) in [4.78, 5) is 0.280. The predicted molar refractivity (Wildman–Crippen MR) is 85.5 cm³/mol. The number of aryl methyl sites for hydroxylation is 1. The average Bonchev–Trinajstić information content (AvgIpc) is 2.42. The van der Waals surface area contributed by atoms with Crippen LogP contribution in [0.25, 0.3) is 0 Å². The third-order valence-corrected chi connectivity index (χ3v) is 5.93. The Morgan fingerprint density at radius 2 is 1.65 bits per heavy atom. The second-order valence-electron chi connectivity index (χ2n) is 4.44. The Hall–Kier alpha value is -1.33. The van der Waals surface area contributed by atoms with E-state index in [1.165, 1.54) is 4.31 Å². The average molecular weight is 354 g/mol. The van der Waals surface area contributed by atoms with Crippen LogP contribution in [-0.2, 0) is 10.0 Å². The summed E-state index contributed by atoms with van der Waals surface area (Å²) in [6.07, 6.45) is 0. The molecular weight excluding hydrogens is 338 g/mol. The molecule has 0 amide bonds. The Bertz CT molecular complexity index is 696. The Kier molecular flexibility index (Phi) is 4.50. The van der Waals surface area contributed by atoms with E-state index in [0.717, 1.165) is 5.56 Å². The summed E-state index contributed by atoms with van der Waals surface area (Å²) in [7, 11) is -3.56. The van der Waals surface area contributed by atoms with Crippen LogP contribution in [0.3, 0.4) is 0 Å². The molecule has 0 aromatic heterocycles. The summed E-state index contributed by atoms with van der Waals surface area (Å²) in [5.74, 6) is 0. The van der Waals surface area contributed by atoms with E-state index >= 15 is 0 Å². The molecule has 0 aliphatic carbocycles. The molecule has 0 spiro atoms. The van der Waals surface area contributed by atoms with Crippen molar-refractivity contribution >= 4 is 31.6 Å². The van der Waals surface area contributed by atoms with Gasteiger partial charge < -0.3 is 0 Å². The molecule has 0 radical (unpaired) electrons. The van der Waals surface area contributed by atoms with Crippen molar-refractivity contribution in [2.75, 3.05) is 10.8 Å². The molecule has 0 saturated carbocycles. The van der Waals surface area contributed by atoms with E-state index in [9.17, 15) is 8.42 Å². The first-order valence-corrected chi connectivity index (χ1v) is 8.54. The van der Waals surface area contributed by atoms with Crippen molar-refractivity contribution in [1.29, 1.82) is 0 Å². The molecule has 3 nitrogen and oxygen atoms in total. The zero-order valence-corrected chi connectivity index (χ0v) is 13.8. The third kappa shape index (κ3) is 2.88. The van der Waals surface area contributed by atoms with Gasteiger partial charge in [-0.3, -0.25) is 4.31 Å². The molecular formula is C15H16BrNO2S. The number of hydrogen-bond acceptors (Lipinski definition) is 2. The molecule has 2 aromatic rings. The topological polar surface area (TPSA) is 37.4 Å². The number of rotatable bonds is 4. The van der Waals surface area contributed by atoms with Crippen LogP contribution < -0.4 is 4.31 Å². The van der Waals surface area contributed by atoms with Gasteiger partial charge in [0, 0.05) is 11.0 Å². The van der Waals surface area contributed by atoms with E-state index in [-0.39, 0.29) is 4.90 Å². The minimum absolute atomic E-state index is 0.280.